The highest BCUT2D eigenvalue weighted by Gasteiger charge is 2.43. The third-order valence-electron chi connectivity index (χ3n) is 6.25. The van der Waals surface area contributed by atoms with Gasteiger partial charge in [0.2, 0.25) is 15.9 Å². The van der Waals surface area contributed by atoms with Crippen LogP contribution in [-0.4, -0.2) is 41.9 Å². The smallest absolute Gasteiger partial charge is 0.434 e. The van der Waals surface area contributed by atoms with E-state index in [2.05, 4.69) is 10.2 Å². The third-order valence-corrected chi connectivity index (χ3v) is 8.47. The molecule has 0 amide bonds. The normalized spacial score (nSPS) is 17.2. The Bertz CT molecular complexity index is 1480. The highest BCUT2D eigenvalue weighted by molar-refractivity contribution is 7.89. The van der Waals surface area contributed by atoms with Crippen LogP contribution in [0, 0.1) is 19.7 Å². The van der Waals surface area contributed by atoms with Crippen LogP contribution in [0.4, 0.5) is 4.39 Å². The zero-order chi connectivity index (χ0) is 25.7. The van der Waals surface area contributed by atoms with Crippen LogP contribution in [0.5, 0.6) is 5.75 Å². The summed E-state index contributed by atoms with van der Waals surface area (Å²) in [5.41, 5.74) is 1.66. The van der Waals surface area contributed by atoms with Crippen molar-refractivity contribution in [2.45, 2.75) is 44.6 Å². The SMILES string of the molecule is CC(=O)c1c(Cl)ccc2c1OCCN([C@H](c1n[nH]c(=O)o1)C(C)c1c(F)ccc(C)c1C)S2(=O)=O. The summed E-state index contributed by atoms with van der Waals surface area (Å²) in [6.07, 6.45) is 0. The van der Waals surface area contributed by atoms with Gasteiger partial charge in [-0.3, -0.25) is 4.79 Å². The Balaban J connectivity index is 1.95. The molecule has 2 aromatic carbocycles. The summed E-state index contributed by atoms with van der Waals surface area (Å²) < 4.78 is 54.9. The average Bonchev–Trinajstić information content (AvgIpc) is 3.15. The number of carbonyl (C=O) groups is 1. The number of nitrogens with zero attached hydrogens (tertiary/aromatic N) is 2. The summed E-state index contributed by atoms with van der Waals surface area (Å²) >= 11 is 6.17. The molecule has 2 atom stereocenters. The van der Waals surface area contributed by atoms with E-state index in [0.717, 1.165) is 9.87 Å². The van der Waals surface area contributed by atoms with E-state index in [4.69, 9.17) is 20.8 Å². The van der Waals surface area contributed by atoms with Crippen LogP contribution in [0.25, 0.3) is 0 Å². The second kappa shape index (κ2) is 9.21. The van der Waals surface area contributed by atoms with Gasteiger partial charge in [0.25, 0.3) is 0 Å². The monoisotopic (exact) mass is 523 g/mol. The number of aromatic nitrogens is 2. The highest BCUT2D eigenvalue weighted by Crippen LogP contribution is 2.44. The molecule has 1 unspecified atom stereocenters. The molecular weight excluding hydrogens is 501 g/mol. The number of fused-ring (bicyclic) bond motifs is 1. The molecule has 4 rings (SSSR count). The number of benzene rings is 2. The molecule has 0 saturated heterocycles. The lowest BCUT2D eigenvalue weighted by Gasteiger charge is -2.32. The van der Waals surface area contributed by atoms with Crippen LogP contribution in [0.3, 0.4) is 0 Å². The number of halogens is 2. The summed E-state index contributed by atoms with van der Waals surface area (Å²) in [6, 6.07) is 4.28. The van der Waals surface area contributed by atoms with Gasteiger partial charge >= 0.3 is 5.76 Å². The number of H-pyrrole nitrogens is 1. The van der Waals surface area contributed by atoms with Crippen molar-refractivity contribution in [3.05, 3.63) is 73.8 Å². The zero-order valence-corrected chi connectivity index (χ0v) is 21.0. The third kappa shape index (κ3) is 4.28. The van der Waals surface area contributed by atoms with Crippen molar-refractivity contribution in [2.75, 3.05) is 13.2 Å². The Kier molecular flexibility index (Phi) is 6.60. The summed E-state index contributed by atoms with van der Waals surface area (Å²) in [6.45, 7) is 6.11. The summed E-state index contributed by atoms with van der Waals surface area (Å²) in [4.78, 5) is 23.8. The Morgan fingerprint density at radius 1 is 1.26 bits per heavy atom. The summed E-state index contributed by atoms with van der Waals surface area (Å²) in [7, 11) is -4.36. The lowest BCUT2D eigenvalue weighted by molar-refractivity contribution is 0.101. The molecule has 3 aromatic rings. The van der Waals surface area contributed by atoms with Gasteiger partial charge in [-0.25, -0.2) is 22.7 Å². The number of aromatic amines is 1. The highest BCUT2D eigenvalue weighted by atomic mass is 35.5. The largest absolute Gasteiger partial charge is 0.490 e. The molecule has 1 aromatic heterocycles. The molecule has 1 aliphatic heterocycles. The standard InChI is InChI=1S/C23H23ClFN3O6S/c1-11-5-7-16(25)18(12(11)2)13(3)20(22-26-27-23(30)34-22)28-9-10-33-21-17(35(28,31)32)8-6-15(24)19(21)14(4)29/h5-8,13,20H,9-10H2,1-4H3,(H,27,30)/t13?,20-/m0/s1. The Morgan fingerprint density at radius 2 is 1.97 bits per heavy atom. The molecular formula is C23H23ClFN3O6S. The molecule has 186 valence electrons. The van der Waals surface area contributed by atoms with Gasteiger partial charge in [-0.15, -0.1) is 5.10 Å². The Hall–Kier alpha value is -3.02. The van der Waals surface area contributed by atoms with E-state index >= 15 is 4.39 Å². The van der Waals surface area contributed by atoms with E-state index in [0.29, 0.717) is 5.56 Å². The number of hydrogen-bond acceptors (Lipinski definition) is 7. The van der Waals surface area contributed by atoms with Crippen molar-refractivity contribution >= 4 is 27.4 Å². The van der Waals surface area contributed by atoms with Crippen molar-refractivity contribution in [2.24, 2.45) is 0 Å². The van der Waals surface area contributed by atoms with E-state index in [9.17, 15) is 18.0 Å². The van der Waals surface area contributed by atoms with Crippen molar-refractivity contribution in [1.82, 2.24) is 14.5 Å². The second-order valence-electron chi connectivity index (χ2n) is 8.36. The van der Waals surface area contributed by atoms with Gasteiger partial charge in [-0.1, -0.05) is 24.6 Å². The predicted molar refractivity (Wildman–Crippen MR) is 125 cm³/mol. The molecule has 0 spiro atoms. The van der Waals surface area contributed by atoms with E-state index < -0.39 is 39.3 Å². The average molecular weight is 524 g/mol. The van der Waals surface area contributed by atoms with Gasteiger partial charge in [0, 0.05) is 12.5 Å². The Morgan fingerprint density at radius 3 is 2.60 bits per heavy atom. The topological polar surface area (TPSA) is 123 Å². The maximum Gasteiger partial charge on any atom is 0.434 e. The maximum atomic E-state index is 15.1. The molecule has 0 radical (unpaired) electrons. The van der Waals surface area contributed by atoms with Gasteiger partial charge in [0.15, 0.2) is 11.5 Å². The number of aryl methyl sites for hydroxylation is 1. The van der Waals surface area contributed by atoms with Crippen molar-refractivity contribution < 1.29 is 26.8 Å². The quantitative estimate of drug-likeness (QED) is 0.503. The lowest BCUT2D eigenvalue weighted by atomic mass is 9.87. The number of nitrogens with one attached hydrogen (secondary N) is 1. The minimum atomic E-state index is -4.36. The number of Topliss-reactive ketones (excluding diaryl/α,β-unsaturated/α-hetero) is 1. The van der Waals surface area contributed by atoms with E-state index in [-0.39, 0.29) is 45.8 Å². The van der Waals surface area contributed by atoms with Gasteiger partial charge < -0.3 is 9.15 Å². The van der Waals surface area contributed by atoms with Crippen LogP contribution in [0.15, 0.2) is 38.4 Å². The van der Waals surface area contributed by atoms with Crippen LogP contribution in [0.2, 0.25) is 5.02 Å². The van der Waals surface area contributed by atoms with Crippen molar-refractivity contribution in [1.29, 1.82) is 0 Å². The summed E-state index contributed by atoms with van der Waals surface area (Å²) in [5, 5.41) is 6.09. The fourth-order valence-electron chi connectivity index (χ4n) is 4.46. The minimum absolute atomic E-state index is 0.0499. The first-order valence-corrected chi connectivity index (χ1v) is 12.6. The molecule has 9 nitrogen and oxygen atoms in total. The molecule has 0 aliphatic carbocycles. The Labute approximate surface area is 205 Å². The predicted octanol–water partition coefficient (Wildman–Crippen LogP) is 3.90. The van der Waals surface area contributed by atoms with Crippen LogP contribution in [-0.2, 0) is 10.0 Å². The molecule has 1 aliphatic rings. The van der Waals surface area contributed by atoms with E-state index in [1.807, 2.05) is 6.92 Å². The first-order chi connectivity index (χ1) is 16.4. The van der Waals surface area contributed by atoms with Crippen LogP contribution in [0.1, 0.15) is 58.7 Å². The first-order valence-electron chi connectivity index (χ1n) is 10.7. The number of hydrogen-bond donors (Lipinski definition) is 1. The molecule has 0 saturated carbocycles. The number of sulfonamides is 1. The molecule has 0 fully saturated rings. The molecule has 1 N–H and O–H groups in total. The van der Waals surface area contributed by atoms with Crippen LogP contribution < -0.4 is 10.5 Å². The molecule has 0 bridgehead atoms. The minimum Gasteiger partial charge on any atom is -0.490 e. The van der Waals surface area contributed by atoms with E-state index in [1.54, 1.807) is 19.9 Å². The second-order valence-corrected chi connectivity index (χ2v) is 10.6. The fourth-order valence-corrected chi connectivity index (χ4v) is 6.52. The van der Waals surface area contributed by atoms with Gasteiger partial charge in [0.1, 0.15) is 23.4 Å². The van der Waals surface area contributed by atoms with Gasteiger partial charge in [-0.2, -0.15) is 4.31 Å². The fraction of sp³-hybridized carbons (Fsp3) is 0.348. The van der Waals surface area contributed by atoms with Crippen LogP contribution >= 0.6 is 11.6 Å². The first kappa shape index (κ1) is 25.1. The zero-order valence-electron chi connectivity index (χ0n) is 19.4. The van der Waals surface area contributed by atoms with E-state index in [1.165, 1.54) is 25.1 Å². The maximum absolute atomic E-state index is 15.1. The number of ketones is 1. The molecule has 12 heteroatoms. The number of carbonyl (C=O) groups excluding carboxylic acids is 1. The summed E-state index contributed by atoms with van der Waals surface area (Å²) in [5.74, 6) is -3.07. The molecule has 35 heavy (non-hydrogen) atoms. The van der Waals surface area contributed by atoms with Crippen molar-refractivity contribution in [3.8, 4) is 5.75 Å². The molecule has 2 heterocycles. The van der Waals surface area contributed by atoms with Gasteiger partial charge in [0.05, 0.1) is 10.6 Å². The number of ether oxygens (including phenoxy) is 1. The number of rotatable bonds is 5. The van der Waals surface area contributed by atoms with Crippen molar-refractivity contribution in [3.63, 3.8) is 0 Å². The van der Waals surface area contributed by atoms with Gasteiger partial charge in [-0.05, 0) is 55.7 Å². The lowest BCUT2D eigenvalue weighted by Crippen LogP contribution is -2.39.